The van der Waals surface area contributed by atoms with E-state index in [2.05, 4.69) is 10.0 Å². The Morgan fingerprint density at radius 2 is 2.22 bits per heavy atom. The van der Waals surface area contributed by atoms with E-state index in [4.69, 9.17) is 4.74 Å². The van der Waals surface area contributed by atoms with Crippen molar-refractivity contribution in [3.8, 4) is 0 Å². The van der Waals surface area contributed by atoms with Gasteiger partial charge in [-0.3, -0.25) is 0 Å². The van der Waals surface area contributed by atoms with Crippen molar-refractivity contribution in [2.75, 3.05) is 20.8 Å². The molecule has 5 nitrogen and oxygen atoms in total. The number of nitrogens with one attached hydrogen (secondary N) is 2. The third-order valence-electron chi connectivity index (χ3n) is 2.51. The van der Waals surface area contributed by atoms with Crippen molar-refractivity contribution >= 4 is 21.4 Å². The van der Waals surface area contributed by atoms with Crippen LogP contribution in [0.5, 0.6) is 0 Å². The Morgan fingerprint density at radius 3 is 2.78 bits per heavy atom. The second-order valence-electron chi connectivity index (χ2n) is 3.92. The number of methoxy groups -OCH3 is 1. The van der Waals surface area contributed by atoms with Gasteiger partial charge < -0.3 is 10.1 Å². The molecule has 0 aliphatic carbocycles. The number of sulfonamides is 1. The van der Waals surface area contributed by atoms with Crippen molar-refractivity contribution in [1.29, 1.82) is 0 Å². The number of ether oxygens (including phenoxy) is 1. The summed E-state index contributed by atoms with van der Waals surface area (Å²) < 4.78 is 32.2. The summed E-state index contributed by atoms with van der Waals surface area (Å²) in [5, 5.41) is 4.76. The lowest BCUT2D eigenvalue weighted by Gasteiger charge is -2.16. The smallest absolute Gasteiger partial charge is 0.242 e. The van der Waals surface area contributed by atoms with Crippen molar-refractivity contribution in [2.45, 2.75) is 30.8 Å². The molecular formula is C11H20N2O3S2. The van der Waals surface area contributed by atoms with Crippen LogP contribution in [0.15, 0.2) is 16.3 Å². The van der Waals surface area contributed by atoms with E-state index < -0.39 is 10.0 Å². The van der Waals surface area contributed by atoms with Crippen LogP contribution in [0.25, 0.3) is 0 Å². The Hall–Kier alpha value is -0.470. The van der Waals surface area contributed by atoms with Gasteiger partial charge in [0.25, 0.3) is 0 Å². The van der Waals surface area contributed by atoms with Crippen LogP contribution in [0.1, 0.15) is 18.2 Å². The molecule has 2 N–H and O–H groups in total. The molecule has 0 spiro atoms. The average Bonchev–Trinajstić information content (AvgIpc) is 2.78. The maximum atomic E-state index is 12.2. The van der Waals surface area contributed by atoms with Gasteiger partial charge in [-0.05, 0) is 24.9 Å². The van der Waals surface area contributed by atoms with Crippen molar-refractivity contribution in [3.05, 3.63) is 16.3 Å². The zero-order chi connectivity index (χ0) is 13.6. The molecular weight excluding hydrogens is 272 g/mol. The molecule has 18 heavy (non-hydrogen) atoms. The van der Waals surface area contributed by atoms with Crippen molar-refractivity contribution in [3.63, 3.8) is 0 Å². The third-order valence-corrected chi connectivity index (χ3v) is 5.17. The normalized spacial score (nSPS) is 13.7. The summed E-state index contributed by atoms with van der Waals surface area (Å²) in [4.78, 5) is 1.17. The minimum Gasteiger partial charge on any atom is -0.383 e. The second kappa shape index (κ2) is 7.20. The Labute approximate surface area is 113 Å². The first kappa shape index (κ1) is 15.6. The van der Waals surface area contributed by atoms with Crippen LogP contribution in [0.4, 0.5) is 0 Å². The molecule has 0 saturated carbocycles. The van der Waals surface area contributed by atoms with E-state index >= 15 is 0 Å². The largest absolute Gasteiger partial charge is 0.383 e. The van der Waals surface area contributed by atoms with Gasteiger partial charge in [-0.1, -0.05) is 6.92 Å². The van der Waals surface area contributed by atoms with E-state index in [1.165, 1.54) is 11.3 Å². The Kier molecular flexibility index (Phi) is 6.24. The van der Waals surface area contributed by atoms with Gasteiger partial charge in [0.1, 0.15) is 0 Å². The van der Waals surface area contributed by atoms with E-state index in [1.54, 1.807) is 25.6 Å². The molecule has 0 bridgehead atoms. The topological polar surface area (TPSA) is 67.4 Å². The first-order valence-electron chi connectivity index (χ1n) is 5.77. The predicted molar refractivity (Wildman–Crippen MR) is 73.4 cm³/mol. The molecule has 7 heteroatoms. The van der Waals surface area contributed by atoms with Crippen LogP contribution >= 0.6 is 11.3 Å². The lowest BCUT2D eigenvalue weighted by molar-refractivity contribution is 0.173. The van der Waals surface area contributed by atoms with Gasteiger partial charge in [0, 0.05) is 24.6 Å². The fourth-order valence-corrected chi connectivity index (χ4v) is 4.34. The summed E-state index contributed by atoms with van der Waals surface area (Å²) in [5.74, 6) is 0. The highest BCUT2D eigenvalue weighted by molar-refractivity contribution is 7.89. The van der Waals surface area contributed by atoms with Crippen LogP contribution in [-0.2, 0) is 21.3 Å². The van der Waals surface area contributed by atoms with Crippen molar-refractivity contribution in [1.82, 2.24) is 10.0 Å². The van der Waals surface area contributed by atoms with Gasteiger partial charge in [-0.15, -0.1) is 11.3 Å². The number of rotatable bonds is 8. The second-order valence-corrected chi connectivity index (χ2v) is 6.60. The standard InChI is InChI=1S/C11H20N2O3S2/c1-4-9(8-16-3)13-18(14,15)11-5-6-17-10(11)7-12-2/h5-6,9,12-13H,4,7-8H2,1-3H3. The summed E-state index contributed by atoms with van der Waals surface area (Å²) in [6, 6.07) is 1.45. The SMILES string of the molecule is CCC(COC)NS(=O)(=O)c1ccsc1CNC. The maximum Gasteiger partial charge on any atom is 0.242 e. The van der Waals surface area contributed by atoms with Gasteiger partial charge in [0.05, 0.1) is 11.5 Å². The molecule has 0 aromatic carbocycles. The van der Waals surface area contributed by atoms with Gasteiger partial charge in [0.15, 0.2) is 0 Å². The Bertz CT molecular complexity index is 457. The summed E-state index contributed by atoms with van der Waals surface area (Å²) >= 11 is 1.44. The average molecular weight is 292 g/mol. The summed E-state index contributed by atoms with van der Waals surface area (Å²) in [7, 11) is -0.104. The van der Waals surface area contributed by atoms with E-state index in [-0.39, 0.29) is 6.04 Å². The van der Waals surface area contributed by atoms with Crippen molar-refractivity contribution < 1.29 is 13.2 Å². The van der Waals surface area contributed by atoms with Crippen molar-refractivity contribution in [2.24, 2.45) is 0 Å². The van der Waals surface area contributed by atoms with E-state index in [0.29, 0.717) is 24.5 Å². The molecule has 1 rings (SSSR count). The lowest BCUT2D eigenvalue weighted by atomic mass is 10.3. The number of hydrogen-bond acceptors (Lipinski definition) is 5. The first-order valence-corrected chi connectivity index (χ1v) is 8.13. The van der Waals surface area contributed by atoms with E-state index in [0.717, 1.165) is 4.88 Å². The van der Waals surface area contributed by atoms with Gasteiger partial charge in [0.2, 0.25) is 10.0 Å². The number of thiophene rings is 1. The highest BCUT2D eigenvalue weighted by Crippen LogP contribution is 2.22. The summed E-state index contributed by atoms with van der Waals surface area (Å²) in [6.07, 6.45) is 0.693. The monoisotopic (exact) mass is 292 g/mol. The molecule has 1 atom stereocenters. The fraction of sp³-hybridized carbons (Fsp3) is 0.636. The highest BCUT2D eigenvalue weighted by atomic mass is 32.2. The summed E-state index contributed by atoms with van der Waals surface area (Å²) in [6.45, 7) is 2.85. The van der Waals surface area contributed by atoms with Gasteiger partial charge >= 0.3 is 0 Å². The van der Waals surface area contributed by atoms with Crippen LogP contribution in [0, 0.1) is 0 Å². The zero-order valence-electron chi connectivity index (χ0n) is 10.9. The van der Waals surface area contributed by atoms with E-state index in [1.807, 2.05) is 6.92 Å². The Morgan fingerprint density at radius 1 is 1.50 bits per heavy atom. The van der Waals surface area contributed by atoms with Crippen LogP contribution in [0.2, 0.25) is 0 Å². The third kappa shape index (κ3) is 4.03. The van der Waals surface area contributed by atoms with Crippen LogP contribution < -0.4 is 10.0 Å². The Balaban J connectivity index is 2.88. The lowest BCUT2D eigenvalue weighted by Crippen LogP contribution is -2.37. The van der Waals surface area contributed by atoms with Crippen LogP contribution in [0.3, 0.4) is 0 Å². The number of hydrogen-bond donors (Lipinski definition) is 2. The van der Waals surface area contributed by atoms with Crippen LogP contribution in [-0.4, -0.2) is 35.2 Å². The molecule has 1 aromatic heterocycles. The van der Waals surface area contributed by atoms with Gasteiger partial charge in [-0.25, -0.2) is 13.1 Å². The first-order chi connectivity index (χ1) is 8.55. The molecule has 104 valence electrons. The van der Waals surface area contributed by atoms with E-state index in [9.17, 15) is 8.42 Å². The summed E-state index contributed by atoms with van der Waals surface area (Å²) in [5.41, 5.74) is 0. The quantitative estimate of drug-likeness (QED) is 0.755. The minimum absolute atomic E-state index is 0.192. The molecule has 0 aliphatic rings. The molecule has 0 fully saturated rings. The highest BCUT2D eigenvalue weighted by Gasteiger charge is 2.22. The molecule has 1 heterocycles. The fourth-order valence-electron chi connectivity index (χ4n) is 1.58. The molecule has 1 unspecified atom stereocenters. The molecule has 0 radical (unpaired) electrons. The minimum atomic E-state index is -3.46. The molecule has 0 saturated heterocycles. The predicted octanol–water partition coefficient (Wildman–Crippen LogP) is 1.17. The maximum absolute atomic E-state index is 12.2. The molecule has 0 amide bonds. The zero-order valence-corrected chi connectivity index (χ0v) is 12.5. The molecule has 1 aromatic rings. The van der Waals surface area contributed by atoms with Gasteiger partial charge in [-0.2, -0.15) is 0 Å². The molecule has 0 aliphatic heterocycles.